The zero-order valence-corrected chi connectivity index (χ0v) is 17.5. The minimum Gasteiger partial charge on any atom is -0.481 e. The summed E-state index contributed by atoms with van der Waals surface area (Å²) in [5, 5.41) is 0. The summed E-state index contributed by atoms with van der Waals surface area (Å²) in [7, 11) is 0. The largest absolute Gasteiger partial charge is 0.481 e. The number of ether oxygens (including phenoxy) is 1. The first-order valence-corrected chi connectivity index (χ1v) is 9.88. The van der Waals surface area contributed by atoms with Crippen molar-refractivity contribution in [3.05, 3.63) is 90.1 Å². The van der Waals surface area contributed by atoms with E-state index in [0.29, 0.717) is 18.1 Å². The minimum atomic E-state index is -0.638. The second kappa shape index (κ2) is 8.91. The number of amides is 1. The fourth-order valence-electron chi connectivity index (χ4n) is 3.06. The Morgan fingerprint density at radius 1 is 0.966 bits per heavy atom. The highest BCUT2D eigenvalue weighted by Gasteiger charge is 2.25. The highest BCUT2D eigenvalue weighted by molar-refractivity contribution is 5.95. The predicted octanol–water partition coefficient (Wildman–Crippen LogP) is 5.38. The molecule has 0 N–H and O–H groups in total. The van der Waals surface area contributed by atoms with Crippen molar-refractivity contribution in [2.24, 2.45) is 0 Å². The molecule has 4 nitrogen and oxygen atoms in total. The molecule has 4 heteroatoms. The maximum atomic E-state index is 13.2. The molecule has 29 heavy (non-hydrogen) atoms. The monoisotopic (exact) mass is 388 g/mol. The number of pyridine rings is 1. The van der Waals surface area contributed by atoms with Gasteiger partial charge in [0.15, 0.2) is 6.10 Å². The lowest BCUT2D eigenvalue weighted by atomic mass is 9.87. The molecule has 2 aromatic carbocycles. The van der Waals surface area contributed by atoms with E-state index in [1.165, 1.54) is 5.56 Å². The second-order valence-corrected chi connectivity index (χ2v) is 8.13. The Labute approximate surface area is 173 Å². The van der Waals surface area contributed by atoms with Crippen molar-refractivity contribution in [3.63, 3.8) is 0 Å². The first kappa shape index (κ1) is 20.6. The predicted molar refractivity (Wildman–Crippen MR) is 117 cm³/mol. The van der Waals surface area contributed by atoms with E-state index in [9.17, 15) is 4.79 Å². The summed E-state index contributed by atoms with van der Waals surface area (Å²) in [6.07, 6.45) is 1.05. The van der Waals surface area contributed by atoms with Gasteiger partial charge in [0.25, 0.3) is 5.91 Å². The van der Waals surface area contributed by atoms with Crippen LogP contribution in [0.1, 0.15) is 38.8 Å². The Hall–Kier alpha value is -3.14. The first-order chi connectivity index (χ1) is 13.8. The third kappa shape index (κ3) is 5.44. The number of anilines is 1. The lowest BCUT2D eigenvalue weighted by Crippen LogP contribution is -2.40. The normalized spacial score (nSPS) is 12.3. The number of carbonyl (C=O) groups is 1. The summed E-state index contributed by atoms with van der Waals surface area (Å²) < 4.78 is 5.96. The van der Waals surface area contributed by atoms with Gasteiger partial charge in [0.05, 0.1) is 6.54 Å². The maximum Gasteiger partial charge on any atom is 0.269 e. The van der Waals surface area contributed by atoms with Crippen molar-refractivity contribution in [2.75, 3.05) is 4.90 Å². The van der Waals surface area contributed by atoms with Gasteiger partial charge in [0.1, 0.15) is 11.6 Å². The number of hydrogen-bond donors (Lipinski definition) is 0. The molecule has 0 bridgehead atoms. The standard InChI is InChI=1S/C25H28N2O2/c1-19(29-22-15-13-21(14-16-22)25(2,3)4)24(28)27(23-12-8-9-17-26-23)18-20-10-6-5-7-11-20/h5-17,19H,18H2,1-4H3. The highest BCUT2D eigenvalue weighted by atomic mass is 16.5. The van der Waals surface area contributed by atoms with Crippen LogP contribution in [-0.2, 0) is 16.8 Å². The molecular formula is C25H28N2O2. The second-order valence-electron chi connectivity index (χ2n) is 8.13. The average molecular weight is 389 g/mol. The van der Waals surface area contributed by atoms with Gasteiger partial charge < -0.3 is 4.74 Å². The van der Waals surface area contributed by atoms with Gasteiger partial charge in [0, 0.05) is 6.20 Å². The van der Waals surface area contributed by atoms with Crippen LogP contribution in [0.2, 0.25) is 0 Å². The zero-order valence-electron chi connectivity index (χ0n) is 17.5. The van der Waals surface area contributed by atoms with E-state index in [1.807, 2.05) is 72.8 Å². The lowest BCUT2D eigenvalue weighted by Gasteiger charge is -2.26. The average Bonchev–Trinajstić information content (AvgIpc) is 2.72. The molecule has 3 rings (SSSR count). The molecule has 0 radical (unpaired) electrons. The molecule has 0 aliphatic rings. The fraction of sp³-hybridized carbons (Fsp3) is 0.280. The molecule has 1 atom stereocenters. The molecule has 0 spiro atoms. The van der Waals surface area contributed by atoms with Crippen molar-refractivity contribution < 1.29 is 9.53 Å². The van der Waals surface area contributed by atoms with E-state index >= 15 is 0 Å². The summed E-state index contributed by atoms with van der Waals surface area (Å²) in [4.78, 5) is 19.3. The summed E-state index contributed by atoms with van der Waals surface area (Å²) in [6.45, 7) is 8.73. The Morgan fingerprint density at radius 2 is 1.62 bits per heavy atom. The number of hydrogen-bond acceptors (Lipinski definition) is 3. The van der Waals surface area contributed by atoms with E-state index in [1.54, 1.807) is 18.0 Å². The molecule has 1 unspecified atom stereocenters. The first-order valence-electron chi connectivity index (χ1n) is 9.88. The van der Waals surface area contributed by atoms with Gasteiger partial charge >= 0.3 is 0 Å². The van der Waals surface area contributed by atoms with Crippen LogP contribution >= 0.6 is 0 Å². The number of benzene rings is 2. The van der Waals surface area contributed by atoms with Gasteiger partial charge in [-0.3, -0.25) is 9.69 Å². The van der Waals surface area contributed by atoms with Crippen molar-refractivity contribution in [2.45, 2.75) is 45.8 Å². The van der Waals surface area contributed by atoms with Crippen molar-refractivity contribution in [3.8, 4) is 5.75 Å². The van der Waals surface area contributed by atoms with Gasteiger partial charge in [-0.1, -0.05) is 69.3 Å². The zero-order chi connectivity index (χ0) is 20.9. The SMILES string of the molecule is CC(Oc1ccc(C(C)(C)C)cc1)C(=O)N(Cc1ccccc1)c1ccccn1. The molecule has 3 aromatic rings. The van der Waals surface area contributed by atoms with E-state index in [0.717, 1.165) is 5.56 Å². The molecule has 0 aliphatic carbocycles. The van der Waals surface area contributed by atoms with Crippen molar-refractivity contribution in [1.82, 2.24) is 4.98 Å². The summed E-state index contributed by atoms with van der Waals surface area (Å²) in [5.41, 5.74) is 2.34. The number of nitrogens with zero attached hydrogens (tertiary/aromatic N) is 2. The van der Waals surface area contributed by atoms with Gasteiger partial charge in [-0.15, -0.1) is 0 Å². The van der Waals surface area contributed by atoms with Crippen LogP contribution in [0, 0.1) is 0 Å². The fourth-order valence-corrected chi connectivity index (χ4v) is 3.06. The topological polar surface area (TPSA) is 42.4 Å². The van der Waals surface area contributed by atoms with Crippen molar-refractivity contribution in [1.29, 1.82) is 0 Å². The van der Waals surface area contributed by atoms with E-state index in [-0.39, 0.29) is 11.3 Å². The third-order valence-electron chi connectivity index (χ3n) is 4.76. The van der Waals surface area contributed by atoms with Crippen LogP contribution in [0.3, 0.4) is 0 Å². The molecular weight excluding hydrogens is 360 g/mol. The van der Waals surface area contributed by atoms with Gasteiger partial charge in [0.2, 0.25) is 0 Å². The van der Waals surface area contributed by atoms with Crippen LogP contribution in [0.5, 0.6) is 5.75 Å². The van der Waals surface area contributed by atoms with Crippen LogP contribution in [-0.4, -0.2) is 17.0 Å². The van der Waals surface area contributed by atoms with Crippen LogP contribution < -0.4 is 9.64 Å². The Balaban J connectivity index is 1.78. The van der Waals surface area contributed by atoms with Crippen LogP contribution in [0.4, 0.5) is 5.82 Å². The van der Waals surface area contributed by atoms with E-state index in [4.69, 9.17) is 4.74 Å². The molecule has 150 valence electrons. The number of rotatable bonds is 6. The molecule has 1 amide bonds. The number of aromatic nitrogens is 1. The van der Waals surface area contributed by atoms with Gasteiger partial charge in [-0.25, -0.2) is 4.98 Å². The molecule has 1 aromatic heterocycles. The van der Waals surface area contributed by atoms with E-state index < -0.39 is 6.10 Å². The molecule has 1 heterocycles. The maximum absolute atomic E-state index is 13.2. The molecule has 0 saturated carbocycles. The Kier molecular flexibility index (Phi) is 6.32. The summed E-state index contributed by atoms with van der Waals surface area (Å²) >= 11 is 0. The highest BCUT2D eigenvalue weighted by Crippen LogP contribution is 2.25. The summed E-state index contributed by atoms with van der Waals surface area (Å²) in [6, 6.07) is 23.4. The van der Waals surface area contributed by atoms with Crippen LogP contribution in [0.15, 0.2) is 79.0 Å². The molecule has 0 fully saturated rings. The number of carbonyl (C=O) groups excluding carboxylic acids is 1. The molecule has 0 aliphatic heterocycles. The van der Waals surface area contributed by atoms with Gasteiger partial charge in [-0.2, -0.15) is 0 Å². The smallest absolute Gasteiger partial charge is 0.269 e. The van der Waals surface area contributed by atoms with E-state index in [2.05, 4.69) is 25.8 Å². The third-order valence-corrected chi connectivity index (χ3v) is 4.76. The molecule has 0 saturated heterocycles. The Morgan fingerprint density at radius 3 is 2.21 bits per heavy atom. The van der Waals surface area contributed by atoms with Gasteiger partial charge in [-0.05, 0) is 47.7 Å². The quantitative estimate of drug-likeness (QED) is 0.569. The lowest BCUT2D eigenvalue weighted by molar-refractivity contribution is -0.124. The van der Waals surface area contributed by atoms with Crippen LogP contribution in [0.25, 0.3) is 0 Å². The van der Waals surface area contributed by atoms with Crippen molar-refractivity contribution >= 4 is 11.7 Å². The summed E-state index contributed by atoms with van der Waals surface area (Å²) in [5.74, 6) is 1.16. The minimum absolute atomic E-state index is 0.0748. The Bertz CT molecular complexity index is 917.